The van der Waals surface area contributed by atoms with Crippen LogP contribution in [-0.2, 0) is 11.3 Å². The van der Waals surface area contributed by atoms with Gasteiger partial charge in [-0.3, -0.25) is 0 Å². The molecule has 3 aromatic rings. The molecule has 0 saturated heterocycles. The molecule has 1 aromatic carbocycles. The molecule has 0 aliphatic carbocycles. The molecule has 0 bridgehead atoms. The smallest absolute Gasteiger partial charge is 0.344 e. The Kier molecular flexibility index (Phi) is 4.38. The second-order valence-electron chi connectivity index (χ2n) is 6.20. The SMILES string of the molecule is CCOC(=O)c1c(N)n(CCC(C)C)c2nc3ccccc3nc12. The zero-order chi connectivity index (χ0) is 17.3. The van der Waals surface area contributed by atoms with Crippen molar-refractivity contribution in [3.63, 3.8) is 0 Å². The highest BCUT2D eigenvalue weighted by Gasteiger charge is 2.24. The number of esters is 1. The molecule has 2 heterocycles. The van der Waals surface area contributed by atoms with Crippen LogP contribution in [-0.4, -0.2) is 27.1 Å². The number of fused-ring (bicyclic) bond motifs is 2. The number of hydrogen-bond donors (Lipinski definition) is 1. The van der Waals surface area contributed by atoms with Gasteiger partial charge in [0, 0.05) is 6.54 Å². The molecule has 0 saturated carbocycles. The van der Waals surface area contributed by atoms with Gasteiger partial charge in [0.1, 0.15) is 16.9 Å². The standard InChI is InChI=1S/C18H22N4O2/c1-4-24-18(23)14-15-17(22(16(14)19)10-9-11(2)3)21-13-8-6-5-7-12(13)20-15/h5-8,11H,4,9-10,19H2,1-3H3. The molecule has 6 heteroatoms. The average Bonchev–Trinajstić information content (AvgIpc) is 2.81. The molecule has 0 aliphatic rings. The normalized spacial score (nSPS) is 11.5. The van der Waals surface area contributed by atoms with Crippen LogP contribution in [0.15, 0.2) is 24.3 Å². The number of nitrogen functional groups attached to an aromatic ring is 1. The molecule has 6 nitrogen and oxygen atoms in total. The number of aromatic nitrogens is 3. The minimum atomic E-state index is -0.451. The molecule has 126 valence electrons. The Hall–Kier alpha value is -2.63. The van der Waals surface area contributed by atoms with E-state index in [1.165, 1.54) is 0 Å². The molecule has 0 atom stereocenters. The Labute approximate surface area is 140 Å². The highest BCUT2D eigenvalue weighted by atomic mass is 16.5. The lowest BCUT2D eigenvalue weighted by Gasteiger charge is -2.09. The number of nitrogens with two attached hydrogens (primary N) is 1. The number of hydrogen-bond acceptors (Lipinski definition) is 5. The largest absolute Gasteiger partial charge is 0.462 e. The van der Waals surface area contributed by atoms with Crippen LogP contribution in [0.4, 0.5) is 5.82 Å². The summed E-state index contributed by atoms with van der Waals surface area (Å²) in [6, 6.07) is 7.59. The maximum atomic E-state index is 12.4. The van der Waals surface area contributed by atoms with Gasteiger partial charge in [0.15, 0.2) is 5.65 Å². The first kappa shape index (κ1) is 16.2. The first-order chi connectivity index (χ1) is 11.5. The Morgan fingerprint density at radius 1 is 1.25 bits per heavy atom. The molecular formula is C18H22N4O2. The Bertz CT molecular complexity index is 899. The van der Waals surface area contributed by atoms with Gasteiger partial charge < -0.3 is 15.0 Å². The van der Waals surface area contributed by atoms with Crippen LogP contribution in [0.3, 0.4) is 0 Å². The summed E-state index contributed by atoms with van der Waals surface area (Å²) < 4.78 is 7.04. The van der Waals surface area contributed by atoms with Crippen molar-refractivity contribution in [1.82, 2.24) is 14.5 Å². The summed E-state index contributed by atoms with van der Waals surface area (Å²) >= 11 is 0. The van der Waals surface area contributed by atoms with Gasteiger partial charge in [0.05, 0.1) is 17.6 Å². The Morgan fingerprint density at radius 2 is 1.92 bits per heavy atom. The van der Waals surface area contributed by atoms with Crippen molar-refractivity contribution < 1.29 is 9.53 Å². The maximum Gasteiger partial charge on any atom is 0.344 e. The number of aryl methyl sites for hydroxylation is 1. The summed E-state index contributed by atoms with van der Waals surface area (Å²) in [5, 5.41) is 0. The van der Waals surface area contributed by atoms with Crippen LogP contribution in [0, 0.1) is 5.92 Å². The summed E-state index contributed by atoms with van der Waals surface area (Å²) in [5.41, 5.74) is 9.25. The van der Waals surface area contributed by atoms with Gasteiger partial charge in [-0.05, 0) is 31.4 Å². The van der Waals surface area contributed by atoms with Crippen LogP contribution in [0.5, 0.6) is 0 Å². The lowest BCUT2D eigenvalue weighted by Crippen LogP contribution is -2.10. The fraction of sp³-hybridized carbons (Fsp3) is 0.389. The van der Waals surface area contributed by atoms with E-state index in [2.05, 4.69) is 18.8 Å². The van der Waals surface area contributed by atoms with E-state index in [1.54, 1.807) is 6.92 Å². The predicted octanol–water partition coefficient (Wildman–Crippen LogP) is 3.39. The summed E-state index contributed by atoms with van der Waals surface area (Å²) in [6.45, 7) is 7.04. The van der Waals surface area contributed by atoms with Gasteiger partial charge in [0.2, 0.25) is 0 Å². The van der Waals surface area contributed by atoms with E-state index in [-0.39, 0.29) is 6.61 Å². The number of para-hydroxylation sites is 2. The van der Waals surface area contributed by atoms with Crippen molar-refractivity contribution in [2.24, 2.45) is 5.92 Å². The van der Waals surface area contributed by atoms with Crippen LogP contribution < -0.4 is 5.73 Å². The number of benzene rings is 1. The summed E-state index contributed by atoms with van der Waals surface area (Å²) in [6.07, 6.45) is 0.935. The van der Waals surface area contributed by atoms with Crippen LogP contribution in [0.2, 0.25) is 0 Å². The minimum Gasteiger partial charge on any atom is -0.462 e. The fourth-order valence-electron chi connectivity index (χ4n) is 2.74. The lowest BCUT2D eigenvalue weighted by molar-refractivity contribution is 0.0529. The van der Waals surface area contributed by atoms with E-state index in [9.17, 15) is 4.79 Å². The second kappa shape index (κ2) is 6.47. The van der Waals surface area contributed by atoms with E-state index in [0.29, 0.717) is 35.0 Å². The number of nitrogens with zero attached hydrogens (tertiary/aromatic N) is 3. The fourth-order valence-corrected chi connectivity index (χ4v) is 2.74. The highest BCUT2D eigenvalue weighted by molar-refractivity contribution is 6.08. The quantitative estimate of drug-likeness (QED) is 0.727. The third-order valence-corrected chi connectivity index (χ3v) is 4.00. The molecular weight excluding hydrogens is 304 g/mol. The zero-order valence-electron chi connectivity index (χ0n) is 14.2. The topological polar surface area (TPSA) is 83.0 Å². The summed E-state index contributed by atoms with van der Waals surface area (Å²) in [7, 11) is 0. The Balaban J connectivity index is 2.26. The van der Waals surface area contributed by atoms with Gasteiger partial charge >= 0.3 is 5.97 Å². The molecule has 0 radical (unpaired) electrons. The maximum absolute atomic E-state index is 12.4. The molecule has 3 rings (SSSR count). The lowest BCUT2D eigenvalue weighted by atomic mass is 10.1. The van der Waals surface area contributed by atoms with E-state index in [0.717, 1.165) is 17.5 Å². The Morgan fingerprint density at radius 3 is 2.54 bits per heavy atom. The first-order valence-corrected chi connectivity index (χ1v) is 8.24. The number of anilines is 1. The molecule has 2 aromatic heterocycles. The summed E-state index contributed by atoms with van der Waals surface area (Å²) in [4.78, 5) is 21.7. The summed E-state index contributed by atoms with van der Waals surface area (Å²) in [5.74, 6) is 0.439. The molecule has 24 heavy (non-hydrogen) atoms. The minimum absolute atomic E-state index is 0.290. The van der Waals surface area contributed by atoms with Gasteiger partial charge in [-0.25, -0.2) is 14.8 Å². The van der Waals surface area contributed by atoms with Crippen LogP contribution in [0.25, 0.3) is 22.2 Å². The molecule has 0 amide bonds. The van der Waals surface area contributed by atoms with Crippen LogP contribution in [0.1, 0.15) is 37.6 Å². The van der Waals surface area contributed by atoms with E-state index >= 15 is 0 Å². The van der Waals surface area contributed by atoms with Crippen LogP contribution >= 0.6 is 0 Å². The van der Waals surface area contributed by atoms with Crippen molar-refractivity contribution in [2.45, 2.75) is 33.7 Å². The van der Waals surface area contributed by atoms with Gasteiger partial charge in [-0.15, -0.1) is 0 Å². The van der Waals surface area contributed by atoms with Crippen molar-refractivity contribution in [2.75, 3.05) is 12.3 Å². The number of ether oxygens (including phenoxy) is 1. The number of carbonyl (C=O) groups excluding carboxylic acids is 1. The third-order valence-electron chi connectivity index (χ3n) is 4.00. The zero-order valence-corrected chi connectivity index (χ0v) is 14.2. The molecule has 0 unspecified atom stereocenters. The van der Waals surface area contributed by atoms with E-state index in [1.807, 2.05) is 28.8 Å². The van der Waals surface area contributed by atoms with Crippen molar-refractivity contribution in [3.05, 3.63) is 29.8 Å². The monoisotopic (exact) mass is 326 g/mol. The van der Waals surface area contributed by atoms with Crippen molar-refractivity contribution in [3.8, 4) is 0 Å². The third kappa shape index (κ3) is 2.79. The van der Waals surface area contributed by atoms with Crippen molar-refractivity contribution in [1.29, 1.82) is 0 Å². The van der Waals surface area contributed by atoms with Crippen molar-refractivity contribution >= 4 is 34.0 Å². The van der Waals surface area contributed by atoms with Gasteiger partial charge in [0.25, 0.3) is 0 Å². The van der Waals surface area contributed by atoms with E-state index < -0.39 is 5.97 Å². The first-order valence-electron chi connectivity index (χ1n) is 8.24. The second-order valence-corrected chi connectivity index (χ2v) is 6.20. The predicted molar refractivity (Wildman–Crippen MR) is 94.9 cm³/mol. The van der Waals surface area contributed by atoms with Gasteiger partial charge in [-0.1, -0.05) is 26.0 Å². The average molecular weight is 326 g/mol. The number of rotatable bonds is 5. The number of carbonyl (C=O) groups is 1. The molecule has 0 fully saturated rings. The molecule has 0 aliphatic heterocycles. The van der Waals surface area contributed by atoms with Gasteiger partial charge in [-0.2, -0.15) is 0 Å². The highest BCUT2D eigenvalue weighted by Crippen LogP contribution is 2.29. The molecule has 0 spiro atoms. The molecule has 2 N–H and O–H groups in total. The van der Waals surface area contributed by atoms with E-state index in [4.69, 9.17) is 15.5 Å².